The second-order valence-electron chi connectivity index (χ2n) is 7.16. The first-order valence-electron chi connectivity index (χ1n) is 9.30. The third-order valence-corrected chi connectivity index (χ3v) is 6.57. The largest absolute Gasteiger partial charge is 0.308 e. The molecule has 0 unspecified atom stereocenters. The number of hydrogen-bond donors (Lipinski definition) is 1. The van der Waals surface area contributed by atoms with Gasteiger partial charge >= 0.3 is 0 Å². The molecule has 1 amide bonds. The van der Waals surface area contributed by atoms with Crippen LogP contribution in [0.1, 0.15) is 27.0 Å². The molecule has 0 fully saturated rings. The van der Waals surface area contributed by atoms with Crippen LogP contribution >= 0.6 is 0 Å². The van der Waals surface area contributed by atoms with Crippen LogP contribution in [0, 0.1) is 13.8 Å². The molecule has 1 N–H and O–H groups in total. The summed E-state index contributed by atoms with van der Waals surface area (Å²) in [7, 11) is -3.73. The molecule has 0 saturated carbocycles. The van der Waals surface area contributed by atoms with Gasteiger partial charge in [-0.15, -0.1) is 0 Å². The van der Waals surface area contributed by atoms with Crippen LogP contribution in [0.15, 0.2) is 65.8 Å². The second-order valence-corrected chi connectivity index (χ2v) is 8.81. The molecule has 0 spiro atoms. The van der Waals surface area contributed by atoms with Crippen LogP contribution in [0.2, 0.25) is 0 Å². The molecule has 1 aliphatic rings. The number of amides is 1. The number of fused-ring (bicyclic) bond motifs is 1. The normalized spacial score (nSPS) is 13.2. The molecule has 29 heavy (non-hydrogen) atoms. The van der Waals surface area contributed by atoms with Gasteiger partial charge in [-0.1, -0.05) is 23.8 Å². The van der Waals surface area contributed by atoms with Crippen molar-refractivity contribution in [2.24, 2.45) is 0 Å². The Morgan fingerprint density at radius 1 is 1.03 bits per heavy atom. The molecule has 3 aromatic rings. The lowest BCUT2D eigenvalue weighted by Gasteiger charge is -2.18. The molecule has 0 bridgehead atoms. The van der Waals surface area contributed by atoms with E-state index < -0.39 is 10.0 Å². The van der Waals surface area contributed by atoms with E-state index in [1.807, 2.05) is 19.1 Å². The first kappa shape index (κ1) is 19.1. The average molecular weight is 407 g/mol. The van der Waals surface area contributed by atoms with Gasteiger partial charge in [0.15, 0.2) is 0 Å². The fraction of sp³-hybridized carbons (Fsp3) is 0.182. The smallest absolute Gasteiger partial charge is 0.262 e. The minimum absolute atomic E-state index is 0.125. The molecule has 1 aliphatic heterocycles. The van der Waals surface area contributed by atoms with Crippen molar-refractivity contribution in [3.8, 4) is 0 Å². The lowest BCUT2D eigenvalue weighted by molar-refractivity contribution is 0.0989. The first-order chi connectivity index (χ1) is 13.8. The van der Waals surface area contributed by atoms with Gasteiger partial charge in [0.05, 0.1) is 10.6 Å². The number of aryl methyl sites for hydroxylation is 2. The zero-order chi connectivity index (χ0) is 20.6. The number of anilines is 2. The first-order valence-corrected chi connectivity index (χ1v) is 10.8. The number of nitrogens with one attached hydrogen (secondary N) is 1. The summed E-state index contributed by atoms with van der Waals surface area (Å²) in [6.07, 6.45) is 3.90. The van der Waals surface area contributed by atoms with E-state index >= 15 is 0 Å². The van der Waals surface area contributed by atoms with Gasteiger partial charge in [-0.3, -0.25) is 14.5 Å². The predicted molar refractivity (Wildman–Crippen MR) is 113 cm³/mol. The van der Waals surface area contributed by atoms with E-state index in [9.17, 15) is 13.2 Å². The summed E-state index contributed by atoms with van der Waals surface area (Å²) in [5.74, 6) is -0.125. The van der Waals surface area contributed by atoms with Crippen LogP contribution < -0.4 is 9.62 Å². The fourth-order valence-corrected chi connectivity index (χ4v) is 4.89. The summed E-state index contributed by atoms with van der Waals surface area (Å²) >= 11 is 0. The topological polar surface area (TPSA) is 79.4 Å². The summed E-state index contributed by atoms with van der Waals surface area (Å²) in [4.78, 5) is 18.7. The zero-order valence-corrected chi connectivity index (χ0v) is 17.0. The minimum atomic E-state index is -3.73. The molecule has 0 atom stereocenters. The van der Waals surface area contributed by atoms with E-state index in [4.69, 9.17) is 0 Å². The van der Waals surface area contributed by atoms with Crippen molar-refractivity contribution in [1.82, 2.24) is 4.98 Å². The van der Waals surface area contributed by atoms with Gasteiger partial charge in [0.1, 0.15) is 0 Å². The van der Waals surface area contributed by atoms with Crippen molar-refractivity contribution in [3.63, 3.8) is 0 Å². The highest BCUT2D eigenvalue weighted by atomic mass is 32.2. The van der Waals surface area contributed by atoms with E-state index in [-0.39, 0.29) is 10.8 Å². The van der Waals surface area contributed by atoms with Gasteiger partial charge in [-0.2, -0.15) is 0 Å². The van der Waals surface area contributed by atoms with E-state index in [2.05, 4.69) is 9.71 Å². The summed E-state index contributed by atoms with van der Waals surface area (Å²) in [6, 6.07) is 13.9. The Morgan fingerprint density at radius 3 is 2.52 bits per heavy atom. The molecule has 6 nitrogen and oxygen atoms in total. The molecule has 0 radical (unpaired) electrons. The van der Waals surface area contributed by atoms with Crippen molar-refractivity contribution in [1.29, 1.82) is 0 Å². The number of carbonyl (C=O) groups excluding carboxylic acids is 1. The molecule has 148 valence electrons. The number of pyridine rings is 1. The number of rotatable bonds is 4. The summed E-state index contributed by atoms with van der Waals surface area (Å²) in [5.41, 5.74) is 4.42. The van der Waals surface area contributed by atoms with Crippen molar-refractivity contribution in [2.75, 3.05) is 16.2 Å². The average Bonchev–Trinajstić information content (AvgIpc) is 3.10. The lowest BCUT2D eigenvalue weighted by Crippen LogP contribution is -2.28. The van der Waals surface area contributed by atoms with Gasteiger partial charge in [0.2, 0.25) is 0 Å². The maximum Gasteiger partial charge on any atom is 0.262 e. The van der Waals surface area contributed by atoms with E-state index in [0.29, 0.717) is 23.4 Å². The predicted octanol–water partition coefficient (Wildman–Crippen LogP) is 3.70. The van der Waals surface area contributed by atoms with E-state index in [0.717, 1.165) is 23.2 Å². The van der Waals surface area contributed by atoms with Crippen LogP contribution in [0.3, 0.4) is 0 Å². The van der Waals surface area contributed by atoms with Crippen LogP contribution in [-0.2, 0) is 16.4 Å². The number of nitrogens with zero attached hydrogens (tertiary/aromatic N) is 2. The monoisotopic (exact) mass is 407 g/mol. The Morgan fingerprint density at radius 2 is 1.79 bits per heavy atom. The quantitative estimate of drug-likeness (QED) is 0.715. The standard InChI is InChI=1S/C22H21N3O3S/c1-15-3-6-21(16(2)13-15)29(27,28)24-19-5-4-17-9-12-25(20(17)14-19)22(26)18-7-10-23-11-8-18/h3-8,10-11,13-14,24H,9,12H2,1-2H3. The summed E-state index contributed by atoms with van der Waals surface area (Å²) in [5, 5.41) is 0. The van der Waals surface area contributed by atoms with Gasteiger partial charge < -0.3 is 4.90 Å². The number of carbonyl (C=O) groups is 1. The number of sulfonamides is 1. The number of aromatic nitrogens is 1. The maximum absolute atomic E-state index is 12.9. The molecule has 1 aromatic heterocycles. The molecular formula is C22H21N3O3S. The van der Waals surface area contributed by atoms with Crippen molar-refractivity contribution < 1.29 is 13.2 Å². The Hall–Kier alpha value is -3.19. The molecule has 0 saturated heterocycles. The molecule has 0 aliphatic carbocycles. The van der Waals surface area contributed by atoms with Gasteiger partial charge in [-0.05, 0) is 61.7 Å². The van der Waals surface area contributed by atoms with Crippen LogP contribution in [0.5, 0.6) is 0 Å². The molecule has 2 aromatic carbocycles. The molecule has 4 rings (SSSR count). The SMILES string of the molecule is Cc1ccc(S(=O)(=O)Nc2ccc3c(c2)N(C(=O)c2ccncc2)CC3)c(C)c1. The second kappa shape index (κ2) is 7.33. The maximum atomic E-state index is 12.9. The van der Waals surface area contributed by atoms with Crippen LogP contribution in [0.4, 0.5) is 11.4 Å². The Balaban J connectivity index is 1.64. The van der Waals surface area contributed by atoms with Crippen LogP contribution in [-0.4, -0.2) is 25.9 Å². The van der Waals surface area contributed by atoms with Crippen molar-refractivity contribution in [3.05, 3.63) is 83.2 Å². The van der Waals surface area contributed by atoms with Gasteiger partial charge in [0, 0.05) is 30.2 Å². The molecule has 2 heterocycles. The zero-order valence-electron chi connectivity index (χ0n) is 16.2. The Kier molecular flexibility index (Phi) is 4.84. The number of benzene rings is 2. The Labute approximate surface area is 170 Å². The van der Waals surface area contributed by atoms with E-state index in [1.54, 1.807) is 60.6 Å². The number of hydrogen-bond acceptors (Lipinski definition) is 4. The van der Waals surface area contributed by atoms with Crippen LogP contribution in [0.25, 0.3) is 0 Å². The Bertz CT molecular complexity index is 1190. The highest BCUT2D eigenvalue weighted by Crippen LogP contribution is 2.33. The lowest BCUT2D eigenvalue weighted by atomic mass is 10.1. The van der Waals surface area contributed by atoms with Gasteiger partial charge in [0.25, 0.3) is 15.9 Å². The fourth-order valence-electron chi connectivity index (χ4n) is 3.61. The third-order valence-electron chi connectivity index (χ3n) is 5.03. The molecular weight excluding hydrogens is 386 g/mol. The highest BCUT2D eigenvalue weighted by molar-refractivity contribution is 7.92. The van der Waals surface area contributed by atoms with Gasteiger partial charge in [-0.25, -0.2) is 8.42 Å². The van der Waals surface area contributed by atoms with E-state index in [1.165, 1.54) is 0 Å². The third kappa shape index (κ3) is 3.73. The van der Waals surface area contributed by atoms with Crippen molar-refractivity contribution >= 4 is 27.3 Å². The summed E-state index contributed by atoms with van der Waals surface area (Å²) < 4.78 is 28.4. The highest BCUT2D eigenvalue weighted by Gasteiger charge is 2.26. The summed E-state index contributed by atoms with van der Waals surface area (Å²) in [6.45, 7) is 4.26. The minimum Gasteiger partial charge on any atom is -0.308 e. The van der Waals surface area contributed by atoms with Crippen molar-refractivity contribution in [2.45, 2.75) is 25.2 Å². The molecule has 7 heteroatoms.